The molecule has 0 saturated heterocycles. The molecule has 1 aliphatic carbocycles. The molecule has 1 aromatic heterocycles. The third-order valence-electron chi connectivity index (χ3n) is 6.40. The number of halogens is 3. The normalized spacial score (nSPS) is 15.0. The van der Waals surface area contributed by atoms with E-state index in [0.717, 1.165) is 35.5 Å². The summed E-state index contributed by atoms with van der Waals surface area (Å²) in [5, 5.41) is 5.78. The number of hydrogen-bond donors (Lipinski definition) is 1. The van der Waals surface area contributed by atoms with Gasteiger partial charge in [0.25, 0.3) is 0 Å². The first-order chi connectivity index (χ1) is 17.5. The van der Waals surface area contributed by atoms with E-state index >= 15 is 0 Å². The van der Waals surface area contributed by atoms with Crippen LogP contribution in [0.15, 0.2) is 47.6 Å². The Morgan fingerprint density at radius 2 is 1.58 bits per heavy atom. The second kappa shape index (κ2) is 13.9. The van der Waals surface area contributed by atoms with E-state index in [-0.39, 0.29) is 12.5 Å². The lowest BCUT2D eigenvalue weighted by Gasteiger charge is -2.21. The van der Waals surface area contributed by atoms with E-state index < -0.39 is 0 Å². The Bertz CT molecular complexity index is 1150. The highest BCUT2D eigenvalue weighted by Crippen LogP contribution is 2.34. The van der Waals surface area contributed by atoms with Crippen molar-refractivity contribution in [2.24, 2.45) is 16.9 Å². The van der Waals surface area contributed by atoms with Crippen LogP contribution in [-0.2, 0) is 11.3 Å². The van der Waals surface area contributed by atoms with Gasteiger partial charge in [-0.2, -0.15) is 0 Å². The maximum atomic E-state index is 6.56. The van der Waals surface area contributed by atoms with Crippen LogP contribution in [0.25, 0.3) is 17.1 Å². The highest BCUT2D eigenvalue weighted by molar-refractivity contribution is 6.36. The van der Waals surface area contributed by atoms with Crippen molar-refractivity contribution in [1.82, 2.24) is 9.55 Å². The van der Waals surface area contributed by atoms with E-state index in [0.29, 0.717) is 26.8 Å². The summed E-state index contributed by atoms with van der Waals surface area (Å²) in [6.07, 6.45) is 8.28. The summed E-state index contributed by atoms with van der Waals surface area (Å²) in [5.41, 5.74) is 3.44. The van der Waals surface area contributed by atoms with Gasteiger partial charge >= 0.3 is 0 Å². The van der Waals surface area contributed by atoms with Gasteiger partial charge in [-0.25, -0.2) is 4.98 Å². The SMILES string of the molecule is CC.Cc1c(CO/C(=N\N)C2CCCCCCC2)nc(-c2ccc(Cl)cc2Cl)n1-c1ccc(Cl)cc1. The summed E-state index contributed by atoms with van der Waals surface area (Å²) in [7, 11) is 0. The molecule has 194 valence electrons. The van der Waals surface area contributed by atoms with Crippen molar-refractivity contribution in [3.05, 3.63) is 68.9 Å². The minimum Gasteiger partial charge on any atom is -0.473 e. The van der Waals surface area contributed by atoms with Crippen molar-refractivity contribution in [1.29, 1.82) is 0 Å². The molecule has 0 unspecified atom stereocenters. The average Bonchev–Trinajstić information content (AvgIpc) is 3.18. The molecular formula is C28H35Cl3N4O. The van der Waals surface area contributed by atoms with Crippen molar-refractivity contribution in [3.63, 3.8) is 0 Å². The molecule has 8 heteroatoms. The van der Waals surface area contributed by atoms with Crippen molar-refractivity contribution in [2.45, 2.75) is 72.3 Å². The first kappa shape index (κ1) is 28.4. The molecule has 4 rings (SSSR count). The Hall–Kier alpha value is -2.21. The second-order valence-corrected chi connectivity index (χ2v) is 9.98. The maximum Gasteiger partial charge on any atom is 0.209 e. The van der Waals surface area contributed by atoms with Gasteiger partial charge in [0.2, 0.25) is 5.90 Å². The molecule has 36 heavy (non-hydrogen) atoms. The Labute approximate surface area is 229 Å². The fourth-order valence-electron chi connectivity index (χ4n) is 4.55. The molecule has 1 heterocycles. The van der Waals surface area contributed by atoms with Crippen LogP contribution >= 0.6 is 34.8 Å². The first-order valence-corrected chi connectivity index (χ1v) is 13.8. The fourth-order valence-corrected chi connectivity index (χ4v) is 5.17. The minimum absolute atomic E-state index is 0.258. The number of imidazole rings is 1. The van der Waals surface area contributed by atoms with Gasteiger partial charge < -0.3 is 10.6 Å². The number of benzene rings is 2. The Morgan fingerprint density at radius 1 is 0.972 bits per heavy atom. The van der Waals surface area contributed by atoms with Gasteiger partial charge in [-0.05, 0) is 62.2 Å². The van der Waals surface area contributed by atoms with Gasteiger partial charge in [-0.15, -0.1) is 5.10 Å². The van der Waals surface area contributed by atoms with Crippen molar-refractivity contribution in [2.75, 3.05) is 0 Å². The molecule has 3 aromatic rings. The van der Waals surface area contributed by atoms with E-state index in [4.69, 9.17) is 50.4 Å². The molecule has 0 aliphatic heterocycles. The third-order valence-corrected chi connectivity index (χ3v) is 7.20. The molecule has 5 nitrogen and oxygen atoms in total. The number of ether oxygens (including phenoxy) is 1. The van der Waals surface area contributed by atoms with Crippen LogP contribution in [0.4, 0.5) is 0 Å². The second-order valence-electron chi connectivity index (χ2n) is 8.70. The lowest BCUT2D eigenvalue weighted by atomic mass is 9.91. The van der Waals surface area contributed by atoms with E-state index in [1.165, 1.54) is 32.1 Å². The first-order valence-electron chi connectivity index (χ1n) is 12.7. The number of nitrogens with zero attached hydrogens (tertiary/aromatic N) is 3. The standard InChI is InChI=1S/C26H29Cl3N4O.C2H6/c1-17-24(16-34-26(32-30)18-7-5-3-2-4-6-8-18)31-25(22-14-11-20(28)15-23(22)29)33(17)21-12-9-19(27)10-13-21;1-2/h9-15,18H,2-8,16,30H2,1H3;1-2H3/b32-26-;. The zero-order valence-corrected chi connectivity index (χ0v) is 23.5. The highest BCUT2D eigenvalue weighted by Gasteiger charge is 2.23. The summed E-state index contributed by atoms with van der Waals surface area (Å²) in [5.74, 6) is 7.34. The van der Waals surface area contributed by atoms with Crippen LogP contribution in [-0.4, -0.2) is 15.4 Å². The van der Waals surface area contributed by atoms with E-state index in [1.807, 2.05) is 57.2 Å². The molecule has 1 aliphatic rings. The van der Waals surface area contributed by atoms with Crippen molar-refractivity contribution < 1.29 is 4.74 Å². The summed E-state index contributed by atoms with van der Waals surface area (Å²) in [6.45, 7) is 6.29. The molecule has 0 radical (unpaired) electrons. The van der Waals surface area contributed by atoms with E-state index in [9.17, 15) is 0 Å². The van der Waals surface area contributed by atoms with Gasteiger partial charge in [-0.1, -0.05) is 80.8 Å². The molecule has 1 saturated carbocycles. The third kappa shape index (κ3) is 6.96. The quantitative estimate of drug-likeness (QED) is 0.149. The molecular weight excluding hydrogens is 515 g/mol. The Balaban J connectivity index is 0.00000176. The zero-order valence-electron chi connectivity index (χ0n) is 21.2. The predicted octanol–water partition coefficient (Wildman–Crippen LogP) is 8.98. The molecule has 0 bridgehead atoms. The number of hydrogen-bond acceptors (Lipinski definition) is 4. The fraction of sp³-hybridized carbons (Fsp3) is 0.429. The summed E-state index contributed by atoms with van der Waals surface area (Å²) in [4.78, 5) is 4.94. The van der Waals surface area contributed by atoms with Crippen LogP contribution in [0.5, 0.6) is 0 Å². The topological polar surface area (TPSA) is 65.4 Å². The number of nitrogens with two attached hydrogens (primary N) is 1. The Morgan fingerprint density at radius 3 is 2.19 bits per heavy atom. The molecule has 0 spiro atoms. The monoisotopic (exact) mass is 548 g/mol. The predicted molar refractivity (Wildman–Crippen MR) is 152 cm³/mol. The zero-order chi connectivity index (χ0) is 26.1. The van der Waals surface area contributed by atoms with Crippen LogP contribution in [0.2, 0.25) is 15.1 Å². The van der Waals surface area contributed by atoms with Crippen molar-refractivity contribution in [3.8, 4) is 17.1 Å². The van der Waals surface area contributed by atoms with E-state index in [2.05, 4.69) is 9.67 Å². The summed E-state index contributed by atoms with van der Waals surface area (Å²) >= 11 is 18.8. The smallest absolute Gasteiger partial charge is 0.209 e. The van der Waals surface area contributed by atoms with Gasteiger partial charge in [0.15, 0.2) is 0 Å². The van der Waals surface area contributed by atoms with Gasteiger partial charge in [0.05, 0.1) is 10.7 Å². The lowest BCUT2D eigenvalue weighted by Crippen LogP contribution is -2.21. The molecule has 0 amide bonds. The molecule has 2 N–H and O–H groups in total. The minimum atomic E-state index is 0.258. The molecule has 1 fully saturated rings. The van der Waals surface area contributed by atoms with E-state index in [1.54, 1.807) is 6.07 Å². The maximum absolute atomic E-state index is 6.56. The van der Waals surface area contributed by atoms with Gasteiger partial charge in [-0.3, -0.25) is 4.57 Å². The van der Waals surface area contributed by atoms with Gasteiger partial charge in [0.1, 0.15) is 12.4 Å². The lowest BCUT2D eigenvalue weighted by molar-refractivity contribution is 0.251. The number of rotatable bonds is 5. The van der Waals surface area contributed by atoms with Crippen LogP contribution in [0.1, 0.15) is 70.2 Å². The van der Waals surface area contributed by atoms with Crippen LogP contribution in [0.3, 0.4) is 0 Å². The molecule has 0 atom stereocenters. The number of hydrazone groups is 1. The van der Waals surface area contributed by atoms with Gasteiger partial charge in [0, 0.05) is 32.9 Å². The molecule has 2 aromatic carbocycles. The number of aromatic nitrogens is 2. The largest absolute Gasteiger partial charge is 0.473 e. The highest BCUT2D eigenvalue weighted by atomic mass is 35.5. The van der Waals surface area contributed by atoms with Crippen LogP contribution in [0, 0.1) is 12.8 Å². The summed E-state index contributed by atoms with van der Waals surface area (Å²) < 4.78 is 8.23. The van der Waals surface area contributed by atoms with Crippen molar-refractivity contribution >= 4 is 40.7 Å². The Kier molecular flexibility index (Phi) is 11.0. The summed E-state index contributed by atoms with van der Waals surface area (Å²) in [6, 6.07) is 13.0. The average molecular weight is 550 g/mol. The van der Waals surface area contributed by atoms with Crippen LogP contribution < -0.4 is 5.84 Å².